The molecule has 5 nitrogen and oxygen atoms in total. The Bertz CT molecular complexity index is 838. The Morgan fingerprint density at radius 1 is 1.08 bits per heavy atom. The van der Waals surface area contributed by atoms with Gasteiger partial charge in [0.15, 0.2) is 0 Å². The van der Waals surface area contributed by atoms with Crippen LogP contribution in [0.5, 0.6) is 0 Å². The number of nitrogens with one attached hydrogen (secondary N) is 1. The molecular formula is C18H19ClN2O3S. The molecule has 1 unspecified atom stereocenters. The molecule has 1 N–H and O–H groups in total. The van der Waals surface area contributed by atoms with Crippen LogP contribution in [0.3, 0.4) is 0 Å². The lowest BCUT2D eigenvalue weighted by molar-refractivity contribution is -0.117. The molecule has 0 saturated carbocycles. The minimum atomic E-state index is -3.46. The number of hydrogen-bond acceptors (Lipinski definition) is 3. The van der Waals surface area contributed by atoms with Crippen LogP contribution in [0.25, 0.3) is 0 Å². The highest BCUT2D eigenvalue weighted by Crippen LogP contribution is 2.24. The van der Waals surface area contributed by atoms with Crippen LogP contribution in [0.1, 0.15) is 12.0 Å². The van der Waals surface area contributed by atoms with Crippen molar-refractivity contribution in [2.75, 3.05) is 18.0 Å². The van der Waals surface area contributed by atoms with Crippen LogP contribution >= 0.6 is 11.6 Å². The summed E-state index contributed by atoms with van der Waals surface area (Å²) in [6.07, 6.45) is 0.346. The third-order valence-corrected chi connectivity index (χ3v) is 5.71. The highest BCUT2D eigenvalue weighted by molar-refractivity contribution is 7.88. The van der Waals surface area contributed by atoms with Crippen molar-refractivity contribution in [1.82, 2.24) is 4.72 Å². The van der Waals surface area contributed by atoms with Gasteiger partial charge in [0.2, 0.25) is 15.9 Å². The lowest BCUT2D eigenvalue weighted by Crippen LogP contribution is -2.32. The lowest BCUT2D eigenvalue weighted by atomic mass is 10.1. The molecule has 1 atom stereocenters. The SMILES string of the molecule is O=C1CC(CNS(=O)(=O)Cc2ccc(Cl)cc2)CN1c1ccccc1. The number of halogens is 1. The Morgan fingerprint density at radius 3 is 2.44 bits per heavy atom. The van der Waals surface area contributed by atoms with Crippen LogP contribution < -0.4 is 9.62 Å². The molecule has 132 valence electrons. The van der Waals surface area contributed by atoms with E-state index in [1.165, 1.54) is 0 Å². The number of amides is 1. The normalized spacial score (nSPS) is 17.9. The van der Waals surface area contributed by atoms with E-state index in [1.54, 1.807) is 29.2 Å². The van der Waals surface area contributed by atoms with Crippen LogP contribution in [0.15, 0.2) is 54.6 Å². The van der Waals surface area contributed by atoms with Gasteiger partial charge >= 0.3 is 0 Å². The van der Waals surface area contributed by atoms with E-state index >= 15 is 0 Å². The number of sulfonamides is 1. The Hall–Kier alpha value is -1.89. The molecular weight excluding hydrogens is 360 g/mol. The monoisotopic (exact) mass is 378 g/mol. The maximum atomic E-state index is 12.2. The number of para-hydroxylation sites is 1. The maximum Gasteiger partial charge on any atom is 0.227 e. The van der Waals surface area contributed by atoms with E-state index in [4.69, 9.17) is 11.6 Å². The molecule has 0 aromatic heterocycles. The van der Waals surface area contributed by atoms with Crippen molar-refractivity contribution in [3.05, 3.63) is 65.2 Å². The largest absolute Gasteiger partial charge is 0.312 e. The van der Waals surface area contributed by atoms with Crippen molar-refractivity contribution in [2.24, 2.45) is 5.92 Å². The second-order valence-corrected chi connectivity index (χ2v) is 8.39. The molecule has 0 spiro atoms. The lowest BCUT2D eigenvalue weighted by Gasteiger charge is -2.17. The number of nitrogens with zero attached hydrogens (tertiary/aromatic N) is 1. The molecule has 1 heterocycles. The van der Waals surface area contributed by atoms with Gasteiger partial charge < -0.3 is 4.90 Å². The summed E-state index contributed by atoms with van der Waals surface area (Å²) < 4.78 is 27.1. The van der Waals surface area contributed by atoms with Crippen molar-refractivity contribution >= 4 is 33.2 Å². The molecule has 25 heavy (non-hydrogen) atoms. The van der Waals surface area contributed by atoms with Crippen LogP contribution in [-0.2, 0) is 20.6 Å². The average Bonchev–Trinajstić information content (AvgIpc) is 2.97. The van der Waals surface area contributed by atoms with Crippen LogP contribution in [0.4, 0.5) is 5.69 Å². The average molecular weight is 379 g/mol. The number of rotatable bonds is 6. The molecule has 3 rings (SSSR count). The molecule has 1 saturated heterocycles. The zero-order valence-electron chi connectivity index (χ0n) is 13.6. The number of carbonyl (C=O) groups excluding carboxylic acids is 1. The summed E-state index contributed by atoms with van der Waals surface area (Å²) in [5, 5.41) is 0.569. The molecule has 0 aliphatic carbocycles. The zero-order valence-corrected chi connectivity index (χ0v) is 15.1. The quantitative estimate of drug-likeness (QED) is 0.840. The molecule has 2 aromatic carbocycles. The smallest absolute Gasteiger partial charge is 0.227 e. The Morgan fingerprint density at radius 2 is 1.76 bits per heavy atom. The molecule has 1 aliphatic heterocycles. The minimum absolute atomic E-state index is 0.0214. The third-order valence-electron chi connectivity index (χ3n) is 4.13. The van der Waals surface area contributed by atoms with E-state index < -0.39 is 10.0 Å². The predicted octanol–water partition coefficient (Wildman–Crippen LogP) is 2.81. The minimum Gasteiger partial charge on any atom is -0.312 e. The first-order valence-electron chi connectivity index (χ1n) is 8.00. The van der Waals surface area contributed by atoms with Crippen molar-refractivity contribution in [2.45, 2.75) is 12.2 Å². The van der Waals surface area contributed by atoms with E-state index in [0.717, 1.165) is 5.69 Å². The fourth-order valence-electron chi connectivity index (χ4n) is 2.87. The molecule has 0 bridgehead atoms. The number of benzene rings is 2. The van der Waals surface area contributed by atoms with Crippen LogP contribution in [-0.4, -0.2) is 27.4 Å². The molecule has 1 amide bonds. The van der Waals surface area contributed by atoms with E-state index in [9.17, 15) is 13.2 Å². The maximum absolute atomic E-state index is 12.2. The number of hydrogen-bond donors (Lipinski definition) is 1. The van der Waals surface area contributed by atoms with E-state index in [1.807, 2.05) is 30.3 Å². The van der Waals surface area contributed by atoms with Gasteiger partial charge in [0.25, 0.3) is 0 Å². The van der Waals surface area contributed by atoms with Gasteiger partial charge in [0.1, 0.15) is 0 Å². The Labute approximate surface area is 152 Å². The standard InChI is InChI=1S/C18H19ClN2O3S/c19-16-8-6-14(7-9-16)13-25(23,24)20-11-15-10-18(22)21(12-15)17-4-2-1-3-5-17/h1-9,15,20H,10-13H2. The molecule has 1 aliphatic rings. The first-order valence-corrected chi connectivity index (χ1v) is 10.0. The van der Waals surface area contributed by atoms with Gasteiger partial charge in [-0.2, -0.15) is 0 Å². The van der Waals surface area contributed by atoms with Crippen molar-refractivity contribution < 1.29 is 13.2 Å². The molecule has 7 heteroatoms. The molecule has 2 aromatic rings. The first kappa shape index (κ1) is 17.9. The van der Waals surface area contributed by atoms with Gasteiger partial charge in [-0.1, -0.05) is 41.9 Å². The number of carbonyl (C=O) groups is 1. The van der Waals surface area contributed by atoms with Crippen molar-refractivity contribution in [1.29, 1.82) is 0 Å². The van der Waals surface area contributed by atoms with Crippen molar-refractivity contribution in [3.8, 4) is 0 Å². The summed E-state index contributed by atoms with van der Waals surface area (Å²) >= 11 is 5.81. The van der Waals surface area contributed by atoms with E-state index in [-0.39, 0.29) is 24.1 Å². The summed E-state index contributed by atoms with van der Waals surface area (Å²) in [6, 6.07) is 16.1. The zero-order chi connectivity index (χ0) is 17.9. The van der Waals surface area contributed by atoms with Crippen molar-refractivity contribution in [3.63, 3.8) is 0 Å². The Balaban J connectivity index is 1.56. The van der Waals surface area contributed by atoms with E-state index in [2.05, 4.69) is 4.72 Å². The van der Waals surface area contributed by atoms with Gasteiger partial charge in [0.05, 0.1) is 5.75 Å². The summed E-state index contributed by atoms with van der Waals surface area (Å²) in [6.45, 7) is 0.775. The Kier molecular flexibility index (Phi) is 5.42. The number of anilines is 1. The molecule has 0 radical (unpaired) electrons. The van der Waals surface area contributed by atoms with Gasteiger partial charge in [-0.25, -0.2) is 13.1 Å². The second-order valence-electron chi connectivity index (χ2n) is 6.14. The fourth-order valence-corrected chi connectivity index (χ4v) is 4.22. The summed E-state index contributed by atoms with van der Waals surface area (Å²) in [5.74, 6) is -0.117. The summed E-state index contributed by atoms with van der Waals surface area (Å²) in [7, 11) is -3.46. The van der Waals surface area contributed by atoms with E-state index in [0.29, 0.717) is 23.6 Å². The van der Waals surface area contributed by atoms with Gasteiger partial charge in [0, 0.05) is 30.2 Å². The summed E-state index contributed by atoms with van der Waals surface area (Å²) in [5.41, 5.74) is 1.52. The van der Waals surface area contributed by atoms with Gasteiger partial charge in [-0.15, -0.1) is 0 Å². The highest BCUT2D eigenvalue weighted by Gasteiger charge is 2.31. The molecule has 1 fully saturated rings. The topological polar surface area (TPSA) is 66.5 Å². The third kappa shape index (κ3) is 4.81. The van der Waals surface area contributed by atoms with Crippen LogP contribution in [0, 0.1) is 5.92 Å². The van der Waals surface area contributed by atoms with Gasteiger partial charge in [-0.3, -0.25) is 4.79 Å². The summed E-state index contributed by atoms with van der Waals surface area (Å²) in [4.78, 5) is 13.9. The predicted molar refractivity (Wildman–Crippen MR) is 99.0 cm³/mol. The first-order chi connectivity index (χ1) is 11.9. The second kappa shape index (κ2) is 7.56. The fraction of sp³-hybridized carbons (Fsp3) is 0.278. The van der Waals surface area contributed by atoms with Crippen LogP contribution in [0.2, 0.25) is 5.02 Å². The highest BCUT2D eigenvalue weighted by atomic mass is 35.5. The van der Waals surface area contributed by atoms with Gasteiger partial charge in [-0.05, 0) is 35.7 Å².